The Morgan fingerprint density at radius 3 is 2.57 bits per heavy atom. The molecule has 3 rings (SSSR count). The maximum absolute atomic E-state index is 12.2. The van der Waals surface area contributed by atoms with Crippen molar-refractivity contribution in [2.75, 3.05) is 27.4 Å². The van der Waals surface area contributed by atoms with Gasteiger partial charge in [-0.1, -0.05) is 6.07 Å². The van der Waals surface area contributed by atoms with Crippen molar-refractivity contribution >= 4 is 11.7 Å². The lowest BCUT2D eigenvalue weighted by Crippen LogP contribution is -2.36. The summed E-state index contributed by atoms with van der Waals surface area (Å²) in [5.74, 6) is 1.87. The number of nitrogens with one attached hydrogen (secondary N) is 1. The third kappa shape index (κ3) is 4.95. The summed E-state index contributed by atoms with van der Waals surface area (Å²) in [6.07, 6.45) is -0.945. The van der Waals surface area contributed by atoms with Crippen molar-refractivity contribution in [3.63, 3.8) is 0 Å². The zero-order valence-corrected chi connectivity index (χ0v) is 17.4. The number of methoxy groups -OCH3 is 2. The van der Waals surface area contributed by atoms with Crippen LogP contribution in [0.1, 0.15) is 17.2 Å². The van der Waals surface area contributed by atoms with Gasteiger partial charge in [0.1, 0.15) is 12.7 Å². The van der Waals surface area contributed by atoms with Crippen LogP contribution in [0.2, 0.25) is 0 Å². The van der Waals surface area contributed by atoms with Crippen molar-refractivity contribution in [1.82, 2.24) is 24.9 Å². The van der Waals surface area contributed by atoms with E-state index in [9.17, 15) is 9.90 Å². The number of amides is 1. The van der Waals surface area contributed by atoms with Crippen molar-refractivity contribution in [1.29, 1.82) is 0 Å². The van der Waals surface area contributed by atoms with Crippen molar-refractivity contribution in [2.45, 2.75) is 26.4 Å². The molecule has 160 valence electrons. The van der Waals surface area contributed by atoms with Gasteiger partial charge in [0.25, 0.3) is 5.78 Å². The van der Waals surface area contributed by atoms with Gasteiger partial charge in [0.15, 0.2) is 17.3 Å². The molecule has 2 aromatic heterocycles. The monoisotopic (exact) mass is 415 g/mol. The molecule has 0 spiro atoms. The van der Waals surface area contributed by atoms with E-state index in [-0.39, 0.29) is 25.5 Å². The summed E-state index contributed by atoms with van der Waals surface area (Å²) in [4.78, 5) is 20.8. The van der Waals surface area contributed by atoms with Gasteiger partial charge in [-0.3, -0.25) is 4.79 Å². The number of hydrogen-bond donors (Lipinski definition) is 2. The van der Waals surface area contributed by atoms with Gasteiger partial charge >= 0.3 is 0 Å². The first-order chi connectivity index (χ1) is 14.4. The molecule has 1 atom stereocenters. The van der Waals surface area contributed by atoms with Crippen LogP contribution in [0, 0.1) is 13.8 Å². The first-order valence-corrected chi connectivity index (χ1v) is 9.39. The van der Waals surface area contributed by atoms with Crippen LogP contribution in [-0.2, 0) is 11.2 Å². The number of para-hydroxylation sites is 1. The highest BCUT2D eigenvalue weighted by Crippen LogP contribution is 2.36. The van der Waals surface area contributed by atoms with Gasteiger partial charge in [0.05, 0.1) is 20.6 Å². The Hall–Kier alpha value is -3.40. The largest absolute Gasteiger partial charge is 0.493 e. The fourth-order valence-electron chi connectivity index (χ4n) is 2.92. The molecule has 0 saturated heterocycles. The van der Waals surface area contributed by atoms with Crippen molar-refractivity contribution in [2.24, 2.45) is 0 Å². The molecule has 2 heterocycles. The van der Waals surface area contributed by atoms with E-state index in [4.69, 9.17) is 14.2 Å². The number of aryl methyl sites for hydroxylation is 2. The van der Waals surface area contributed by atoms with E-state index < -0.39 is 6.10 Å². The minimum absolute atomic E-state index is 0.0139. The third-order valence-electron chi connectivity index (χ3n) is 4.32. The predicted molar refractivity (Wildman–Crippen MR) is 108 cm³/mol. The van der Waals surface area contributed by atoms with Crippen LogP contribution in [0.3, 0.4) is 0 Å². The molecule has 0 saturated carbocycles. The second kappa shape index (κ2) is 9.40. The Bertz CT molecular complexity index is 1010. The molecule has 30 heavy (non-hydrogen) atoms. The number of hydrogen-bond acceptors (Lipinski definition) is 8. The van der Waals surface area contributed by atoms with Crippen LogP contribution < -0.4 is 19.5 Å². The van der Waals surface area contributed by atoms with Crippen molar-refractivity contribution < 1.29 is 24.1 Å². The molecule has 0 fully saturated rings. The van der Waals surface area contributed by atoms with Crippen molar-refractivity contribution in [3.8, 4) is 17.2 Å². The van der Waals surface area contributed by atoms with Crippen LogP contribution in [0.15, 0.2) is 24.3 Å². The number of fused-ring (bicyclic) bond motifs is 1. The van der Waals surface area contributed by atoms with Crippen LogP contribution >= 0.6 is 0 Å². The molecule has 0 radical (unpaired) electrons. The minimum Gasteiger partial charge on any atom is -0.493 e. The fourth-order valence-corrected chi connectivity index (χ4v) is 2.92. The summed E-state index contributed by atoms with van der Waals surface area (Å²) in [7, 11) is 3.04. The minimum atomic E-state index is -0.927. The third-order valence-corrected chi connectivity index (χ3v) is 4.32. The molecule has 0 aliphatic heterocycles. The highest BCUT2D eigenvalue weighted by atomic mass is 16.5. The summed E-state index contributed by atoms with van der Waals surface area (Å²) in [5.41, 5.74) is 1.72. The number of ether oxygens (including phenoxy) is 3. The number of benzene rings is 1. The van der Waals surface area contributed by atoms with E-state index in [1.165, 1.54) is 14.2 Å². The number of nitrogens with zero attached hydrogens (tertiary/aromatic N) is 4. The molecular weight excluding hydrogens is 390 g/mol. The summed E-state index contributed by atoms with van der Waals surface area (Å²) in [6, 6.07) is 7.11. The zero-order valence-electron chi connectivity index (χ0n) is 17.4. The van der Waals surface area contributed by atoms with Gasteiger partial charge in [-0.25, -0.2) is 9.50 Å². The standard InChI is InChI=1S/C20H25N5O5/c1-12-8-13(2)25-20(22-12)23-17(24-25)9-18(27)21-10-14(26)11-30-19-15(28-3)6-5-7-16(19)29-4/h5-8,14,26H,9-11H2,1-4H3,(H,21,27). The van der Waals surface area contributed by atoms with Gasteiger partial charge < -0.3 is 24.6 Å². The number of carbonyl (C=O) groups is 1. The molecule has 0 bridgehead atoms. The van der Waals surface area contributed by atoms with Crippen LogP contribution in [0.5, 0.6) is 17.2 Å². The summed E-state index contributed by atoms with van der Waals surface area (Å²) in [6.45, 7) is 3.73. The molecule has 3 aromatic rings. The van der Waals surface area contributed by atoms with Gasteiger partial charge in [-0.2, -0.15) is 4.98 Å². The topological polar surface area (TPSA) is 120 Å². The average Bonchev–Trinajstić information content (AvgIpc) is 3.12. The number of aliphatic hydroxyl groups excluding tert-OH is 1. The van der Waals surface area contributed by atoms with Crippen LogP contribution in [-0.4, -0.2) is 64.1 Å². The normalized spacial score (nSPS) is 11.9. The molecule has 1 amide bonds. The Labute approximate surface area is 173 Å². The zero-order chi connectivity index (χ0) is 21.7. The van der Waals surface area contributed by atoms with Gasteiger partial charge in [0.2, 0.25) is 11.7 Å². The van der Waals surface area contributed by atoms with Crippen molar-refractivity contribution in [3.05, 3.63) is 41.5 Å². The second-order valence-corrected chi connectivity index (χ2v) is 6.72. The predicted octanol–water partition coefficient (Wildman–Crippen LogP) is 0.857. The average molecular weight is 415 g/mol. The molecule has 10 heteroatoms. The Kier molecular flexibility index (Phi) is 6.68. The first kappa shape index (κ1) is 21.3. The number of carbonyl (C=O) groups excluding carboxylic acids is 1. The number of aromatic nitrogens is 4. The number of aliphatic hydroxyl groups is 1. The molecular formula is C20H25N5O5. The lowest BCUT2D eigenvalue weighted by molar-refractivity contribution is -0.121. The van der Waals surface area contributed by atoms with Crippen LogP contribution in [0.25, 0.3) is 5.78 Å². The summed E-state index contributed by atoms with van der Waals surface area (Å²) < 4.78 is 17.7. The van der Waals surface area contributed by atoms with E-state index in [1.807, 2.05) is 19.9 Å². The van der Waals surface area contributed by atoms with E-state index in [0.717, 1.165) is 11.4 Å². The Morgan fingerprint density at radius 1 is 1.20 bits per heavy atom. The summed E-state index contributed by atoms with van der Waals surface area (Å²) in [5, 5.41) is 17.1. The van der Waals surface area contributed by atoms with Gasteiger partial charge in [0, 0.05) is 17.9 Å². The van der Waals surface area contributed by atoms with E-state index in [1.54, 1.807) is 22.7 Å². The maximum Gasteiger partial charge on any atom is 0.252 e. The molecule has 10 nitrogen and oxygen atoms in total. The maximum atomic E-state index is 12.2. The van der Waals surface area contributed by atoms with Crippen LogP contribution in [0.4, 0.5) is 0 Å². The second-order valence-electron chi connectivity index (χ2n) is 6.72. The SMILES string of the molecule is COc1cccc(OC)c1OCC(O)CNC(=O)Cc1nc2nc(C)cc(C)n2n1. The molecule has 0 aliphatic rings. The fraction of sp³-hybridized carbons (Fsp3) is 0.400. The number of rotatable bonds is 9. The summed E-state index contributed by atoms with van der Waals surface area (Å²) >= 11 is 0. The van der Waals surface area contributed by atoms with Gasteiger partial charge in [-0.05, 0) is 32.0 Å². The molecule has 1 aromatic carbocycles. The van der Waals surface area contributed by atoms with Gasteiger partial charge in [-0.15, -0.1) is 5.10 Å². The van der Waals surface area contributed by atoms with E-state index in [2.05, 4.69) is 20.4 Å². The highest BCUT2D eigenvalue weighted by Gasteiger charge is 2.16. The van der Waals surface area contributed by atoms with E-state index >= 15 is 0 Å². The molecule has 1 unspecified atom stereocenters. The Balaban J connectivity index is 1.52. The highest BCUT2D eigenvalue weighted by molar-refractivity contribution is 5.77. The molecule has 0 aliphatic carbocycles. The lowest BCUT2D eigenvalue weighted by atomic mass is 10.3. The lowest BCUT2D eigenvalue weighted by Gasteiger charge is -2.17. The quantitative estimate of drug-likeness (QED) is 0.528. The Morgan fingerprint density at radius 2 is 1.90 bits per heavy atom. The molecule has 2 N–H and O–H groups in total. The van der Waals surface area contributed by atoms with E-state index in [0.29, 0.717) is 28.9 Å². The first-order valence-electron chi connectivity index (χ1n) is 9.39. The smallest absolute Gasteiger partial charge is 0.252 e.